The molecule has 0 bridgehead atoms. The maximum atomic E-state index is 12.4. The van der Waals surface area contributed by atoms with Crippen molar-refractivity contribution in [2.75, 3.05) is 26.7 Å². The summed E-state index contributed by atoms with van der Waals surface area (Å²) in [7, 11) is 2.04. The Morgan fingerprint density at radius 3 is 2.67 bits per heavy atom. The minimum absolute atomic E-state index is 0.0131. The van der Waals surface area contributed by atoms with Crippen LogP contribution in [0.1, 0.15) is 40.5 Å². The Hall–Kier alpha value is -1.34. The van der Waals surface area contributed by atoms with E-state index in [1.54, 1.807) is 6.08 Å². The van der Waals surface area contributed by atoms with Crippen LogP contribution in [0.5, 0.6) is 0 Å². The van der Waals surface area contributed by atoms with Gasteiger partial charge >= 0.3 is 0 Å². The number of likely N-dealkylation sites (N-methyl/N-ethyl adjacent to an activating group) is 1. The zero-order valence-electron chi connectivity index (χ0n) is 14.1. The highest BCUT2D eigenvalue weighted by Crippen LogP contribution is 2.27. The zero-order chi connectivity index (χ0) is 16.0. The molecule has 0 radical (unpaired) electrons. The molecular weight excluding hydrogens is 262 g/mol. The van der Waals surface area contributed by atoms with Gasteiger partial charge in [-0.1, -0.05) is 33.8 Å². The van der Waals surface area contributed by atoms with Crippen molar-refractivity contribution in [3.8, 4) is 6.07 Å². The fourth-order valence-corrected chi connectivity index (χ4v) is 3.09. The summed E-state index contributed by atoms with van der Waals surface area (Å²) in [5.41, 5.74) is 0.0289. The van der Waals surface area contributed by atoms with Crippen LogP contribution < -0.4 is 0 Å². The van der Waals surface area contributed by atoms with E-state index in [2.05, 4.69) is 38.7 Å². The molecule has 0 N–H and O–H groups in total. The van der Waals surface area contributed by atoms with Crippen molar-refractivity contribution < 1.29 is 4.79 Å². The van der Waals surface area contributed by atoms with E-state index >= 15 is 0 Å². The normalized spacial score (nSPS) is 21.0. The van der Waals surface area contributed by atoms with E-state index in [-0.39, 0.29) is 17.4 Å². The summed E-state index contributed by atoms with van der Waals surface area (Å²) in [6, 6.07) is 2.21. The average Bonchev–Trinajstić information content (AvgIpc) is 2.35. The van der Waals surface area contributed by atoms with Crippen LogP contribution in [-0.2, 0) is 4.79 Å². The third-order valence-corrected chi connectivity index (χ3v) is 3.91. The molecule has 0 aliphatic carbocycles. The maximum absolute atomic E-state index is 12.4. The molecule has 21 heavy (non-hydrogen) atoms. The Morgan fingerprint density at radius 1 is 1.43 bits per heavy atom. The largest absolute Gasteiger partial charge is 0.333 e. The van der Waals surface area contributed by atoms with Crippen LogP contribution in [0.25, 0.3) is 0 Å². The molecule has 0 aromatic heterocycles. The molecule has 1 atom stereocenters. The van der Waals surface area contributed by atoms with Crippen LogP contribution in [0.3, 0.4) is 0 Å². The Bertz CT molecular complexity index is 420. The SMILES string of the molecule is CC(C)CC(C)(C)/C=C/C(=O)N1CCN(C)CC1CC#N. The Balaban J connectivity index is 2.70. The molecule has 0 aromatic carbocycles. The first-order valence-electron chi connectivity index (χ1n) is 7.80. The highest BCUT2D eigenvalue weighted by molar-refractivity contribution is 5.88. The molecule has 1 saturated heterocycles. The van der Waals surface area contributed by atoms with Gasteiger partial charge in [0.25, 0.3) is 0 Å². The van der Waals surface area contributed by atoms with Gasteiger partial charge in [-0.15, -0.1) is 0 Å². The summed E-state index contributed by atoms with van der Waals surface area (Å²) in [6.45, 7) is 11.1. The first-order valence-corrected chi connectivity index (χ1v) is 7.80. The summed E-state index contributed by atoms with van der Waals surface area (Å²) in [5, 5.41) is 8.94. The van der Waals surface area contributed by atoms with Crippen molar-refractivity contribution >= 4 is 5.91 Å². The van der Waals surface area contributed by atoms with Gasteiger partial charge in [0.15, 0.2) is 0 Å². The van der Waals surface area contributed by atoms with Crippen LogP contribution in [0.15, 0.2) is 12.2 Å². The van der Waals surface area contributed by atoms with Crippen molar-refractivity contribution in [2.45, 2.75) is 46.6 Å². The number of rotatable bonds is 5. The topological polar surface area (TPSA) is 47.3 Å². The van der Waals surface area contributed by atoms with Crippen molar-refractivity contribution in [1.29, 1.82) is 5.26 Å². The molecule has 1 heterocycles. The van der Waals surface area contributed by atoms with Crippen LogP contribution in [0.4, 0.5) is 0 Å². The number of carbonyl (C=O) groups excluding carboxylic acids is 1. The molecule has 1 amide bonds. The van der Waals surface area contributed by atoms with E-state index in [0.29, 0.717) is 18.9 Å². The van der Waals surface area contributed by atoms with Gasteiger partial charge in [0, 0.05) is 19.6 Å². The van der Waals surface area contributed by atoms with Gasteiger partial charge in [0.05, 0.1) is 18.5 Å². The average molecular weight is 291 g/mol. The monoisotopic (exact) mass is 291 g/mol. The number of carbonyl (C=O) groups is 1. The Morgan fingerprint density at radius 2 is 2.10 bits per heavy atom. The number of hydrogen-bond donors (Lipinski definition) is 0. The molecule has 0 spiro atoms. The number of hydrogen-bond acceptors (Lipinski definition) is 3. The molecule has 0 saturated carbocycles. The third-order valence-electron chi connectivity index (χ3n) is 3.91. The molecule has 4 nitrogen and oxygen atoms in total. The van der Waals surface area contributed by atoms with Gasteiger partial charge in [-0.25, -0.2) is 0 Å². The van der Waals surface area contributed by atoms with E-state index < -0.39 is 0 Å². The van der Waals surface area contributed by atoms with Gasteiger partial charge in [0.1, 0.15) is 0 Å². The Kier molecular flexibility index (Phi) is 6.42. The fraction of sp³-hybridized carbons (Fsp3) is 0.765. The lowest BCUT2D eigenvalue weighted by atomic mass is 9.83. The lowest BCUT2D eigenvalue weighted by Crippen LogP contribution is -2.53. The van der Waals surface area contributed by atoms with E-state index in [9.17, 15) is 4.79 Å². The predicted molar refractivity (Wildman–Crippen MR) is 85.6 cm³/mol. The summed E-state index contributed by atoms with van der Waals surface area (Å²) in [4.78, 5) is 16.5. The summed E-state index contributed by atoms with van der Waals surface area (Å²) < 4.78 is 0. The van der Waals surface area contributed by atoms with Crippen LogP contribution >= 0.6 is 0 Å². The molecule has 118 valence electrons. The van der Waals surface area contributed by atoms with Crippen LogP contribution in [0.2, 0.25) is 0 Å². The lowest BCUT2D eigenvalue weighted by molar-refractivity contribution is -0.130. The zero-order valence-corrected chi connectivity index (χ0v) is 14.1. The first kappa shape index (κ1) is 17.7. The molecule has 1 aliphatic heterocycles. The third kappa shape index (κ3) is 5.89. The minimum Gasteiger partial charge on any atom is -0.333 e. The Labute approximate surface area is 129 Å². The second-order valence-electron chi connectivity index (χ2n) is 7.23. The predicted octanol–water partition coefficient (Wildman–Crippen LogP) is 2.67. The van der Waals surface area contributed by atoms with E-state index in [1.165, 1.54) is 0 Å². The number of amides is 1. The second kappa shape index (κ2) is 7.61. The summed E-state index contributed by atoms with van der Waals surface area (Å²) in [6.07, 6.45) is 5.19. The molecule has 1 fully saturated rings. The van der Waals surface area contributed by atoms with Gasteiger partial charge in [-0.2, -0.15) is 5.26 Å². The quantitative estimate of drug-likeness (QED) is 0.732. The molecule has 1 unspecified atom stereocenters. The van der Waals surface area contributed by atoms with Gasteiger partial charge in [-0.05, 0) is 30.9 Å². The summed E-state index contributed by atoms with van der Waals surface area (Å²) >= 11 is 0. The van der Waals surface area contributed by atoms with Crippen LogP contribution in [-0.4, -0.2) is 48.4 Å². The highest BCUT2D eigenvalue weighted by Gasteiger charge is 2.28. The smallest absolute Gasteiger partial charge is 0.246 e. The van der Waals surface area contributed by atoms with E-state index in [1.807, 2.05) is 18.0 Å². The molecule has 1 aliphatic rings. The highest BCUT2D eigenvalue weighted by atomic mass is 16.2. The summed E-state index contributed by atoms with van der Waals surface area (Å²) in [5.74, 6) is 0.648. The molecule has 4 heteroatoms. The lowest BCUT2D eigenvalue weighted by Gasteiger charge is -2.38. The fourth-order valence-electron chi connectivity index (χ4n) is 3.09. The standard InChI is InChI=1S/C17H29N3O/c1-14(2)12-17(3,4)8-6-16(21)20-11-10-19(5)13-15(20)7-9-18/h6,8,14-15H,7,10-13H2,1-5H3/b8-6+. The van der Waals surface area contributed by atoms with Crippen molar-refractivity contribution in [2.24, 2.45) is 11.3 Å². The van der Waals surface area contributed by atoms with Gasteiger partial charge in [0.2, 0.25) is 5.91 Å². The van der Waals surface area contributed by atoms with Crippen molar-refractivity contribution in [1.82, 2.24) is 9.80 Å². The molecule has 1 rings (SSSR count). The van der Waals surface area contributed by atoms with E-state index in [4.69, 9.17) is 5.26 Å². The number of allylic oxidation sites excluding steroid dienone is 1. The van der Waals surface area contributed by atoms with Crippen molar-refractivity contribution in [3.05, 3.63) is 12.2 Å². The maximum Gasteiger partial charge on any atom is 0.246 e. The first-order chi connectivity index (χ1) is 9.75. The molecular formula is C17H29N3O. The van der Waals surface area contributed by atoms with E-state index in [0.717, 1.165) is 19.5 Å². The number of nitriles is 1. The van der Waals surface area contributed by atoms with Gasteiger partial charge in [-0.3, -0.25) is 4.79 Å². The number of nitrogens with zero attached hydrogens (tertiary/aromatic N) is 3. The van der Waals surface area contributed by atoms with Gasteiger partial charge < -0.3 is 9.80 Å². The van der Waals surface area contributed by atoms with Crippen molar-refractivity contribution in [3.63, 3.8) is 0 Å². The van der Waals surface area contributed by atoms with Crippen LogP contribution in [0, 0.1) is 22.7 Å². The minimum atomic E-state index is 0.0131. The number of piperazine rings is 1. The molecule has 0 aromatic rings. The second-order valence-corrected chi connectivity index (χ2v) is 7.23.